The third-order valence-corrected chi connectivity index (χ3v) is 0.837. The Balaban J connectivity index is 4.15. The summed E-state index contributed by atoms with van der Waals surface area (Å²) in [5.41, 5.74) is 5.10. The average Bonchev–Trinajstić information content (AvgIpc) is 2.05. The van der Waals surface area contributed by atoms with Gasteiger partial charge >= 0.3 is 0 Å². The summed E-state index contributed by atoms with van der Waals surface area (Å²) in [5.74, 6) is 0. The van der Waals surface area contributed by atoms with Crippen LogP contribution in [0.1, 0.15) is 0 Å². The van der Waals surface area contributed by atoms with E-state index in [1.54, 1.807) is 30.4 Å². The standard InChI is InChI=1S/C8H7N3/c9-5-3-1-2-4-8(6-10)7-11/h1-5H,9H2/b2-1+,5-3+. The highest BCUT2D eigenvalue weighted by atomic mass is 14.5. The lowest BCUT2D eigenvalue weighted by Gasteiger charge is -1.74. The summed E-state index contributed by atoms with van der Waals surface area (Å²) in [6.45, 7) is 0. The Morgan fingerprint density at radius 2 is 1.73 bits per heavy atom. The number of nitriles is 2. The summed E-state index contributed by atoms with van der Waals surface area (Å²) in [4.78, 5) is 0. The second kappa shape index (κ2) is 6.12. The lowest BCUT2D eigenvalue weighted by atomic mass is 10.3. The van der Waals surface area contributed by atoms with Gasteiger partial charge < -0.3 is 5.73 Å². The summed E-state index contributed by atoms with van der Waals surface area (Å²) in [6.07, 6.45) is 7.59. The van der Waals surface area contributed by atoms with E-state index in [-0.39, 0.29) is 5.57 Å². The largest absolute Gasteiger partial charge is 0.405 e. The van der Waals surface area contributed by atoms with Gasteiger partial charge in [-0.1, -0.05) is 12.2 Å². The molecule has 0 fully saturated rings. The van der Waals surface area contributed by atoms with Gasteiger partial charge in [-0.05, 0) is 18.4 Å². The summed E-state index contributed by atoms with van der Waals surface area (Å²) in [5, 5.41) is 16.5. The minimum absolute atomic E-state index is 0.0756. The SMILES string of the molecule is N#CC(C#N)=C/C=C/C=C/N. The van der Waals surface area contributed by atoms with Crippen LogP contribution in [0.2, 0.25) is 0 Å². The molecule has 2 N–H and O–H groups in total. The van der Waals surface area contributed by atoms with Crippen LogP contribution in [0.3, 0.4) is 0 Å². The first-order valence-corrected chi connectivity index (χ1v) is 2.90. The molecule has 0 atom stereocenters. The van der Waals surface area contributed by atoms with E-state index in [9.17, 15) is 0 Å². The molecule has 0 unspecified atom stereocenters. The second-order valence-electron chi connectivity index (χ2n) is 1.57. The van der Waals surface area contributed by atoms with Crippen LogP contribution in [-0.4, -0.2) is 0 Å². The molecule has 0 rings (SSSR count). The molecule has 0 saturated heterocycles. The molecule has 3 heteroatoms. The normalized spacial score (nSPS) is 9.27. The van der Waals surface area contributed by atoms with E-state index in [1.165, 1.54) is 12.3 Å². The fourth-order valence-electron chi connectivity index (χ4n) is 0.380. The molecule has 3 nitrogen and oxygen atoms in total. The van der Waals surface area contributed by atoms with Crippen molar-refractivity contribution in [2.75, 3.05) is 0 Å². The van der Waals surface area contributed by atoms with Crippen molar-refractivity contribution in [1.29, 1.82) is 10.5 Å². The average molecular weight is 145 g/mol. The molecule has 0 aliphatic carbocycles. The van der Waals surface area contributed by atoms with Crippen molar-refractivity contribution in [2.24, 2.45) is 5.73 Å². The second-order valence-corrected chi connectivity index (χ2v) is 1.57. The Kier molecular flexibility index (Phi) is 5.01. The first-order valence-electron chi connectivity index (χ1n) is 2.90. The van der Waals surface area contributed by atoms with Crippen LogP contribution in [0, 0.1) is 22.7 Å². The smallest absolute Gasteiger partial charge is 0.129 e. The van der Waals surface area contributed by atoms with Crippen LogP contribution in [0.25, 0.3) is 0 Å². The third-order valence-electron chi connectivity index (χ3n) is 0.837. The third kappa shape index (κ3) is 4.50. The van der Waals surface area contributed by atoms with Crippen molar-refractivity contribution < 1.29 is 0 Å². The number of hydrogen-bond donors (Lipinski definition) is 1. The van der Waals surface area contributed by atoms with Gasteiger partial charge in [-0.25, -0.2) is 0 Å². The number of nitrogens with two attached hydrogens (primary N) is 1. The molecule has 0 amide bonds. The summed E-state index contributed by atoms with van der Waals surface area (Å²) in [6, 6.07) is 3.44. The van der Waals surface area contributed by atoms with Gasteiger partial charge in [0.15, 0.2) is 0 Å². The molecule has 11 heavy (non-hydrogen) atoms. The Morgan fingerprint density at radius 1 is 1.09 bits per heavy atom. The van der Waals surface area contributed by atoms with E-state index >= 15 is 0 Å². The fraction of sp³-hybridized carbons (Fsp3) is 0. The van der Waals surface area contributed by atoms with Crippen molar-refractivity contribution in [3.05, 3.63) is 36.1 Å². The fourth-order valence-corrected chi connectivity index (χ4v) is 0.380. The van der Waals surface area contributed by atoms with Crippen LogP contribution in [-0.2, 0) is 0 Å². The van der Waals surface area contributed by atoms with Crippen molar-refractivity contribution >= 4 is 0 Å². The number of hydrogen-bond acceptors (Lipinski definition) is 3. The van der Waals surface area contributed by atoms with Crippen LogP contribution in [0.15, 0.2) is 36.1 Å². The van der Waals surface area contributed by atoms with Crippen molar-refractivity contribution in [3.63, 3.8) is 0 Å². The maximum atomic E-state index is 8.27. The van der Waals surface area contributed by atoms with E-state index in [2.05, 4.69) is 0 Å². The van der Waals surface area contributed by atoms with Gasteiger partial charge in [-0.3, -0.25) is 0 Å². The van der Waals surface area contributed by atoms with Crippen molar-refractivity contribution in [1.82, 2.24) is 0 Å². The molecule has 0 aliphatic heterocycles. The number of allylic oxidation sites excluding steroid dienone is 5. The molecule has 0 spiro atoms. The van der Waals surface area contributed by atoms with E-state index < -0.39 is 0 Å². The first-order chi connectivity index (χ1) is 5.35. The molecule has 0 aromatic heterocycles. The quantitative estimate of drug-likeness (QED) is 0.465. The van der Waals surface area contributed by atoms with Crippen LogP contribution in [0.5, 0.6) is 0 Å². The summed E-state index contributed by atoms with van der Waals surface area (Å²) < 4.78 is 0. The topological polar surface area (TPSA) is 73.6 Å². The van der Waals surface area contributed by atoms with Crippen LogP contribution in [0.4, 0.5) is 0 Å². The predicted molar refractivity (Wildman–Crippen MR) is 41.8 cm³/mol. The Bertz CT molecular complexity index is 255. The van der Waals surface area contributed by atoms with E-state index in [4.69, 9.17) is 16.3 Å². The minimum atomic E-state index is 0.0756. The lowest BCUT2D eigenvalue weighted by molar-refractivity contribution is 1.46. The zero-order valence-corrected chi connectivity index (χ0v) is 5.86. The van der Waals surface area contributed by atoms with Crippen molar-refractivity contribution in [2.45, 2.75) is 0 Å². The monoisotopic (exact) mass is 145 g/mol. The van der Waals surface area contributed by atoms with Gasteiger partial charge in [0.05, 0.1) is 0 Å². The Morgan fingerprint density at radius 3 is 2.18 bits per heavy atom. The highest BCUT2D eigenvalue weighted by Gasteiger charge is 1.84. The van der Waals surface area contributed by atoms with Crippen LogP contribution < -0.4 is 5.73 Å². The van der Waals surface area contributed by atoms with E-state index in [0.29, 0.717) is 0 Å². The van der Waals surface area contributed by atoms with Gasteiger partial charge in [0.25, 0.3) is 0 Å². The molecule has 54 valence electrons. The maximum absolute atomic E-state index is 8.27. The van der Waals surface area contributed by atoms with E-state index in [0.717, 1.165) is 0 Å². The van der Waals surface area contributed by atoms with Crippen LogP contribution >= 0.6 is 0 Å². The molecule has 0 radical (unpaired) electrons. The summed E-state index contributed by atoms with van der Waals surface area (Å²) >= 11 is 0. The molecule has 0 heterocycles. The Hall–Kier alpha value is -2.00. The molecule has 0 aromatic carbocycles. The van der Waals surface area contributed by atoms with Gasteiger partial charge in [0, 0.05) is 0 Å². The molecule has 0 saturated carbocycles. The highest BCUT2D eigenvalue weighted by Crippen LogP contribution is 1.89. The molecule has 0 bridgehead atoms. The van der Waals surface area contributed by atoms with Gasteiger partial charge in [0.2, 0.25) is 0 Å². The Labute approximate surface area is 65.4 Å². The van der Waals surface area contributed by atoms with Gasteiger partial charge in [-0.15, -0.1) is 0 Å². The van der Waals surface area contributed by atoms with Gasteiger partial charge in [0.1, 0.15) is 17.7 Å². The van der Waals surface area contributed by atoms with Crippen molar-refractivity contribution in [3.8, 4) is 12.1 Å². The van der Waals surface area contributed by atoms with E-state index in [1.807, 2.05) is 0 Å². The summed E-state index contributed by atoms with van der Waals surface area (Å²) in [7, 11) is 0. The highest BCUT2D eigenvalue weighted by molar-refractivity contribution is 5.38. The molecule has 0 aromatic rings. The zero-order valence-electron chi connectivity index (χ0n) is 5.86. The number of rotatable bonds is 2. The lowest BCUT2D eigenvalue weighted by Crippen LogP contribution is -1.72. The molecular weight excluding hydrogens is 138 g/mol. The molecular formula is C8H7N3. The first kappa shape index (κ1) is 9.00. The zero-order chi connectivity index (χ0) is 8.53. The molecule has 0 aliphatic rings. The predicted octanol–water partition coefficient (Wildman–Crippen LogP) is 0.989. The van der Waals surface area contributed by atoms with Gasteiger partial charge in [-0.2, -0.15) is 10.5 Å². The minimum Gasteiger partial charge on any atom is -0.405 e. The number of nitrogens with zero attached hydrogens (tertiary/aromatic N) is 2. The maximum Gasteiger partial charge on any atom is 0.129 e.